The minimum atomic E-state index is -0.535. The zero-order valence-electron chi connectivity index (χ0n) is 11.1. The fraction of sp³-hybridized carbons (Fsp3) is 0.154. The topological polar surface area (TPSA) is 71.1 Å². The van der Waals surface area contributed by atoms with Crippen LogP contribution in [0.25, 0.3) is 11.3 Å². The van der Waals surface area contributed by atoms with Gasteiger partial charge in [-0.1, -0.05) is 11.8 Å². The SMILES string of the molecule is CNC(=O)NC(=O)CSc1nc(-c2ccc(F)cc2)cs1. The number of hydrogen-bond donors (Lipinski definition) is 2. The molecule has 2 rings (SSSR count). The maximum absolute atomic E-state index is 12.9. The van der Waals surface area contributed by atoms with E-state index in [0.29, 0.717) is 4.34 Å². The summed E-state index contributed by atoms with van der Waals surface area (Å²) in [6.07, 6.45) is 0. The van der Waals surface area contributed by atoms with E-state index in [1.165, 1.54) is 42.3 Å². The Balaban J connectivity index is 1.93. The molecule has 110 valence electrons. The Morgan fingerprint density at radius 3 is 2.71 bits per heavy atom. The lowest BCUT2D eigenvalue weighted by atomic mass is 10.2. The van der Waals surface area contributed by atoms with Crippen molar-refractivity contribution in [2.45, 2.75) is 4.34 Å². The normalized spacial score (nSPS) is 10.2. The molecule has 2 N–H and O–H groups in total. The summed E-state index contributed by atoms with van der Waals surface area (Å²) in [5, 5.41) is 6.31. The Bertz CT molecular complexity index is 643. The molecular weight excluding hydrogens is 313 g/mol. The summed E-state index contributed by atoms with van der Waals surface area (Å²) in [4.78, 5) is 26.8. The van der Waals surface area contributed by atoms with Gasteiger partial charge in [-0.05, 0) is 24.3 Å². The maximum Gasteiger partial charge on any atom is 0.321 e. The molecule has 0 saturated carbocycles. The zero-order valence-corrected chi connectivity index (χ0v) is 12.7. The molecule has 0 aliphatic heterocycles. The highest BCUT2D eigenvalue weighted by Gasteiger charge is 2.10. The average Bonchev–Trinajstić information content (AvgIpc) is 2.94. The molecular formula is C13H12FN3O2S2. The molecule has 0 spiro atoms. The Morgan fingerprint density at radius 1 is 1.33 bits per heavy atom. The molecule has 21 heavy (non-hydrogen) atoms. The number of amides is 3. The van der Waals surface area contributed by atoms with E-state index in [9.17, 15) is 14.0 Å². The van der Waals surface area contributed by atoms with Crippen LogP contribution >= 0.6 is 23.1 Å². The number of aromatic nitrogens is 1. The summed E-state index contributed by atoms with van der Waals surface area (Å²) in [5.74, 6) is -0.587. The molecule has 1 aromatic carbocycles. The van der Waals surface area contributed by atoms with E-state index in [-0.39, 0.29) is 11.6 Å². The molecule has 0 fully saturated rings. The van der Waals surface area contributed by atoms with Gasteiger partial charge in [0.1, 0.15) is 5.82 Å². The smallest absolute Gasteiger partial charge is 0.321 e. The van der Waals surface area contributed by atoms with Gasteiger partial charge in [-0.25, -0.2) is 14.2 Å². The molecule has 0 aliphatic rings. The van der Waals surface area contributed by atoms with Gasteiger partial charge in [-0.15, -0.1) is 11.3 Å². The van der Waals surface area contributed by atoms with Crippen molar-refractivity contribution in [3.8, 4) is 11.3 Å². The number of nitrogens with one attached hydrogen (secondary N) is 2. The largest absolute Gasteiger partial charge is 0.341 e. The van der Waals surface area contributed by atoms with Gasteiger partial charge < -0.3 is 5.32 Å². The number of urea groups is 1. The first-order chi connectivity index (χ1) is 10.1. The molecule has 0 bridgehead atoms. The standard InChI is InChI=1S/C13H12FN3O2S2/c1-15-12(19)17-11(18)7-21-13-16-10(6-20-13)8-2-4-9(14)5-3-8/h2-6H,7H2,1H3,(H2,15,17,18,19). The quantitative estimate of drug-likeness (QED) is 0.847. The second-order valence-corrected chi connectivity index (χ2v) is 6.00. The minimum Gasteiger partial charge on any atom is -0.341 e. The monoisotopic (exact) mass is 325 g/mol. The van der Waals surface area contributed by atoms with Crippen molar-refractivity contribution in [2.24, 2.45) is 0 Å². The molecule has 0 aliphatic carbocycles. The van der Waals surface area contributed by atoms with Crippen molar-refractivity contribution < 1.29 is 14.0 Å². The second-order valence-electron chi connectivity index (χ2n) is 3.92. The predicted octanol–water partition coefficient (Wildman–Crippen LogP) is 2.50. The van der Waals surface area contributed by atoms with Crippen LogP contribution in [0.15, 0.2) is 34.0 Å². The van der Waals surface area contributed by atoms with Gasteiger partial charge in [0.2, 0.25) is 5.91 Å². The second kappa shape index (κ2) is 7.19. The van der Waals surface area contributed by atoms with Crippen molar-refractivity contribution in [3.63, 3.8) is 0 Å². The summed E-state index contributed by atoms with van der Waals surface area (Å²) in [6, 6.07) is 5.51. The fourth-order valence-electron chi connectivity index (χ4n) is 1.43. The molecule has 0 radical (unpaired) electrons. The van der Waals surface area contributed by atoms with Gasteiger partial charge in [-0.2, -0.15) is 0 Å². The number of halogens is 1. The van der Waals surface area contributed by atoms with Gasteiger partial charge in [0.25, 0.3) is 0 Å². The molecule has 5 nitrogen and oxygen atoms in total. The lowest BCUT2D eigenvalue weighted by Crippen LogP contribution is -2.38. The molecule has 0 unspecified atom stereocenters. The van der Waals surface area contributed by atoms with Gasteiger partial charge in [-0.3, -0.25) is 10.1 Å². The highest BCUT2D eigenvalue weighted by molar-refractivity contribution is 8.01. The average molecular weight is 325 g/mol. The van der Waals surface area contributed by atoms with Crippen molar-refractivity contribution in [1.29, 1.82) is 0 Å². The molecule has 3 amide bonds. The van der Waals surface area contributed by atoms with E-state index >= 15 is 0 Å². The molecule has 2 aromatic rings. The summed E-state index contributed by atoms with van der Waals surface area (Å²) in [7, 11) is 1.44. The first-order valence-corrected chi connectivity index (χ1v) is 7.81. The Morgan fingerprint density at radius 2 is 2.05 bits per heavy atom. The van der Waals surface area contributed by atoms with Crippen molar-refractivity contribution in [3.05, 3.63) is 35.5 Å². The molecule has 8 heteroatoms. The summed E-state index contributed by atoms with van der Waals surface area (Å²) in [5.41, 5.74) is 1.54. The number of imide groups is 1. The number of carbonyl (C=O) groups excluding carboxylic acids is 2. The number of hydrogen-bond acceptors (Lipinski definition) is 5. The van der Waals surface area contributed by atoms with Crippen LogP contribution in [0.1, 0.15) is 0 Å². The predicted molar refractivity (Wildman–Crippen MR) is 80.8 cm³/mol. The van der Waals surface area contributed by atoms with Crippen LogP contribution in [0.2, 0.25) is 0 Å². The van der Waals surface area contributed by atoms with Crippen LogP contribution in [0.4, 0.5) is 9.18 Å². The van der Waals surface area contributed by atoms with E-state index in [2.05, 4.69) is 15.6 Å². The van der Waals surface area contributed by atoms with Crippen molar-refractivity contribution >= 4 is 35.0 Å². The van der Waals surface area contributed by atoms with E-state index in [4.69, 9.17) is 0 Å². The molecule has 0 atom stereocenters. The highest BCUT2D eigenvalue weighted by Crippen LogP contribution is 2.28. The highest BCUT2D eigenvalue weighted by atomic mass is 32.2. The lowest BCUT2D eigenvalue weighted by molar-refractivity contribution is -0.117. The van der Waals surface area contributed by atoms with Crippen LogP contribution in [0.5, 0.6) is 0 Å². The van der Waals surface area contributed by atoms with Gasteiger partial charge in [0.05, 0.1) is 11.4 Å². The first kappa shape index (κ1) is 15.5. The van der Waals surface area contributed by atoms with Crippen LogP contribution < -0.4 is 10.6 Å². The van der Waals surface area contributed by atoms with E-state index < -0.39 is 11.9 Å². The summed E-state index contributed by atoms with van der Waals surface area (Å²) in [6.45, 7) is 0. The summed E-state index contributed by atoms with van der Waals surface area (Å²) >= 11 is 2.63. The van der Waals surface area contributed by atoms with E-state index in [0.717, 1.165) is 11.3 Å². The number of benzene rings is 1. The Kier molecular flexibility index (Phi) is 5.29. The number of thioether (sulfide) groups is 1. The van der Waals surface area contributed by atoms with Crippen LogP contribution in [-0.4, -0.2) is 29.7 Å². The summed E-state index contributed by atoms with van der Waals surface area (Å²) < 4.78 is 13.6. The van der Waals surface area contributed by atoms with E-state index in [1.54, 1.807) is 12.1 Å². The minimum absolute atomic E-state index is 0.101. The number of rotatable bonds is 4. The fourth-order valence-corrected chi connectivity index (χ4v) is 3.06. The van der Waals surface area contributed by atoms with Gasteiger partial charge in [0, 0.05) is 18.0 Å². The van der Waals surface area contributed by atoms with Crippen LogP contribution in [-0.2, 0) is 4.79 Å². The number of nitrogens with zero attached hydrogens (tertiary/aromatic N) is 1. The van der Waals surface area contributed by atoms with Crippen LogP contribution in [0, 0.1) is 5.82 Å². The number of carbonyl (C=O) groups is 2. The van der Waals surface area contributed by atoms with Crippen molar-refractivity contribution in [2.75, 3.05) is 12.8 Å². The number of thiazole rings is 1. The first-order valence-electron chi connectivity index (χ1n) is 5.94. The molecule has 1 aromatic heterocycles. The molecule has 0 saturated heterocycles. The van der Waals surface area contributed by atoms with Gasteiger partial charge >= 0.3 is 6.03 Å². The van der Waals surface area contributed by atoms with E-state index in [1.807, 2.05) is 5.38 Å². The van der Waals surface area contributed by atoms with Crippen molar-refractivity contribution in [1.82, 2.24) is 15.6 Å². The molecule has 1 heterocycles. The Hall–Kier alpha value is -1.93. The third-order valence-corrected chi connectivity index (χ3v) is 4.45. The van der Waals surface area contributed by atoms with Gasteiger partial charge in [0.15, 0.2) is 4.34 Å². The zero-order chi connectivity index (χ0) is 15.2. The third kappa shape index (κ3) is 4.54. The third-order valence-electron chi connectivity index (χ3n) is 2.43. The maximum atomic E-state index is 12.9. The van der Waals surface area contributed by atoms with Crippen LogP contribution in [0.3, 0.4) is 0 Å². The lowest BCUT2D eigenvalue weighted by Gasteiger charge is -2.01. The Labute approximate surface area is 129 Å².